The van der Waals surface area contributed by atoms with Gasteiger partial charge in [-0.3, -0.25) is 4.79 Å². The van der Waals surface area contributed by atoms with Gasteiger partial charge in [0.05, 0.1) is 0 Å². The molecule has 0 aromatic heterocycles. The van der Waals surface area contributed by atoms with Gasteiger partial charge < -0.3 is 10.2 Å². The van der Waals surface area contributed by atoms with Gasteiger partial charge in [0.15, 0.2) is 0 Å². The predicted octanol–water partition coefficient (Wildman–Crippen LogP) is 3.03. The Hall–Kier alpha value is -1.56. The van der Waals surface area contributed by atoms with E-state index in [1.807, 2.05) is 19.2 Å². The lowest BCUT2D eigenvalue weighted by Gasteiger charge is -2.24. The van der Waals surface area contributed by atoms with Crippen LogP contribution in [-0.4, -0.2) is 25.7 Å². The van der Waals surface area contributed by atoms with Crippen molar-refractivity contribution in [2.75, 3.05) is 18.5 Å². The van der Waals surface area contributed by atoms with Crippen molar-refractivity contribution < 1.29 is 18.0 Å². The summed E-state index contributed by atoms with van der Waals surface area (Å²) in [5.41, 5.74) is 1.46. The molecule has 1 aromatic rings. The SMILES string of the molecule is CNC1CCCN(C(=O)CC(F)(F)F)c2ccccc21. The Morgan fingerprint density at radius 3 is 2.75 bits per heavy atom. The number of para-hydroxylation sites is 1. The Kier molecular flexibility index (Phi) is 4.32. The van der Waals surface area contributed by atoms with E-state index in [-0.39, 0.29) is 6.04 Å². The molecule has 1 atom stereocenters. The monoisotopic (exact) mass is 286 g/mol. The van der Waals surface area contributed by atoms with Crippen molar-refractivity contribution in [1.29, 1.82) is 0 Å². The molecule has 2 rings (SSSR count). The quantitative estimate of drug-likeness (QED) is 0.906. The van der Waals surface area contributed by atoms with Gasteiger partial charge in [-0.2, -0.15) is 13.2 Å². The van der Waals surface area contributed by atoms with Crippen LogP contribution in [0.1, 0.15) is 30.9 Å². The molecule has 0 spiro atoms. The zero-order chi connectivity index (χ0) is 14.8. The van der Waals surface area contributed by atoms with Crippen LogP contribution in [0.4, 0.5) is 18.9 Å². The lowest BCUT2D eigenvalue weighted by Crippen LogP contribution is -2.35. The average molecular weight is 286 g/mol. The number of carbonyl (C=O) groups excluding carboxylic acids is 1. The summed E-state index contributed by atoms with van der Waals surface area (Å²) in [5.74, 6) is -0.887. The first-order valence-electron chi connectivity index (χ1n) is 6.55. The molecule has 110 valence electrons. The smallest absolute Gasteiger partial charge is 0.313 e. The number of nitrogens with zero attached hydrogens (tertiary/aromatic N) is 1. The number of benzene rings is 1. The molecule has 6 heteroatoms. The zero-order valence-corrected chi connectivity index (χ0v) is 11.2. The summed E-state index contributed by atoms with van der Waals surface area (Å²) in [5, 5.41) is 3.15. The molecule has 1 aromatic carbocycles. The summed E-state index contributed by atoms with van der Waals surface area (Å²) >= 11 is 0. The number of carbonyl (C=O) groups is 1. The molecule has 0 bridgehead atoms. The van der Waals surface area contributed by atoms with E-state index in [0.29, 0.717) is 18.7 Å². The molecule has 1 heterocycles. The van der Waals surface area contributed by atoms with Crippen LogP contribution in [-0.2, 0) is 4.79 Å². The van der Waals surface area contributed by atoms with Crippen molar-refractivity contribution in [2.24, 2.45) is 0 Å². The highest BCUT2D eigenvalue weighted by molar-refractivity contribution is 5.94. The molecule has 0 fully saturated rings. The summed E-state index contributed by atoms with van der Waals surface area (Å²) in [6.07, 6.45) is -4.42. The number of hydrogen-bond donors (Lipinski definition) is 1. The van der Waals surface area contributed by atoms with Crippen LogP contribution < -0.4 is 10.2 Å². The minimum atomic E-state index is -4.47. The van der Waals surface area contributed by atoms with Crippen molar-refractivity contribution in [2.45, 2.75) is 31.5 Å². The highest BCUT2D eigenvalue weighted by Crippen LogP contribution is 2.34. The Morgan fingerprint density at radius 1 is 1.40 bits per heavy atom. The van der Waals surface area contributed by atoms with Gasteiger partial charge in [-0.1, -0.05) is 18.2 Å². The first kappa shape index (κ1) is 14.8. The first-order chi connectivity index (χ1) is 9.42. The van der Waals surface area contributed by atoms with Gasteiger partial charge in [0, 0.05) is 18.3 Å². The highest BCUT2D eigenvalue weighted by atomic mass is 19.4. The number of nitrogens with one attached hydrogen (secondary N) is 1. The number of anilines is 1. The molecule has 0 aliphatic carbocycles. The third kappa shape index (κ3) is 3.30. The van der Waals surface area contributed by atoms with E-state index in [9.17, 15) is 18.0 Å². The molecule has 1 N–H and O–H groups in total. The highest BCUT2D eigenvalue weighted by Gasteiger charge is 2.35. The number of amides is 1. The Labute approximate surface area is 115 Å². The molecular weight excluding hydrogens is 269 g/mol. The molecule has 1 unspecified atom stereocenters. The van der Waals surface area contributed by atoms with Gasteiger partial charge in [-0.05, 0) is 31.5 Å². The minimum Gasteiger partial charge on any atom is -0.313 e. The zero-order valence-electron chi connectivity index (χ0n) is 11.2. The summed E-state index contributed by atoms with van der Waals surface area (Å²) in [4.78, 5) is 13.2. The lowest BCUT2D eigenvalue weighted by molar-refractivity contribution is -0.151. The molecule has 3 nitrogen and oxygen atoms in total. The van der Waals surface area contributed by atoms with Crippen LogP contribution in [0.2, 0.25) is 0 Å². The van der Waals surface area contributed by atoms with Gasteiger partial charge in [-0.15, -0.1) is 0 Å². The third-order valence-corrected chi connectivity index (χ3v) is 3.48. The fourth-order valence-electron chi connectivity index (χ4n) is 2.58. The molecule has 0 saturated carbocycles. The van der Waals surface area contributed by atoms with Crippen molar-refractivity contribution in [3.8, 4) is 0 Å². The van der Waals surface area contributed by atoms with E-state index < -0.39 is 18.5 Å². The van der Waals surface area contributed by atoms with Crippen molar-refractivity contribution in [3.63, 3.8) is 0 Å². The molecular formula is C14H17F3N2O. The first-order valence-corrected chi connectivity index (χ1v) is 6.55. The van der Waals surface area contributed by atoms with Gasteiger partial charge >= 0.3 is 6.18 Å². The maximum absolute atomic E-state index is 12.4. The Balaban J connectivity index is 2.32. The molecule has 1 aliphatic heterocycles. The summed E-state index contributed by atoms with van der Waals surface area (Å²) in [7, 11) is 1.81. The average Bonchev–Trinajstić information content (AvgIpc) is 2.55. The predicted molar refractivity (Wildman–Crippen MR) is 70.5 cm³/mol. The Morgan fingerprint density at radius 2 is 2.10 bits per heavy atom. The molecule has 1 aliphatic rings. The maximum atomic E-state index is 12.4. The van der Waals surface area contributed by atoms with Crippen LogP contribution in [0.3, 0.4) is 0 Å². The van der Waals surface area contributed by atoms with Crippen LogP contribution in [0.5, 0.6) is 0 Å². The number of alkyl halides is 3. The summed E-state index contributed by atoms with van der Waals surface area (Å²) in [6.45, 7) is 0.324. The molecule has 0 saturated heterocycles. The number of rotatable bonds is 2. The number of hydrogen-bond acceptors (Lipinski definition) is 2. The van der Waals surface area contributed by atoms with Crippen molar-refractivity contribution in [1.82, 2.24) is 5.32 Å². The van der Waals surface area contributed by atoms with Crippen molar-refractivity contribution >= 4 is 11.6 Å². The topological polar surface area (TPSA) is 32.3 Å². The van der Waals surface area contributed by atoms with Crippen LogP contribution in [0.25, 0.3) is 0 Å². The second-order valence-electron chi connectivity index (χ2n) is 4.88. The molecule has 20 heavy (non-hydrogen) atoms. The normalized spacial score (nSPS) is 19.4. The third-order valence-electron chi connectivity index (χ3n) is 3.48. The maximum Gasteiger partial charge on any atom is 0.397 e. The molecule has 1 amide bonds. The van der Waals surface area contributed by atoms with Gasteiger partial charge in [0.2, 0.25) is 5.91 Å². The van der Waals surface area contributed by atoms with Crippen LogP contribution in [0, 0.1) is 0 Å². The summed E-state index contributed by atoms with van der Waals surface area (Å²) < 4.78 is 37.3. The lowest BCUT2D eigenvalue weighted by atomic mass is 10.0. The second kappa shape index (κ2) is 5.83. The largest absolute Gasteiger partial charge is 0.397 e. The fourth-order valence-corrected chi connectivity index (χ4v) is 2.58. The van der Waals surface area contributed by atoms with E-state index >= 15 is 0 Å². The standard InChI is InChI=1S/C14H17F3N2O/c1-18-11-6-4-8-19(13(20)9-14(15,16)17)12-7-3-2-5-10(11)12/h2-3,5,7,11,18H,4,6,8-9H2,1H3. The fraction of sp³-hybridized carbons (Fsp3) is 0.500. The Bertz CT molecular complexity index is 488. The van der Waals surface area contributed by atoms with Gasteiger partial charge in [0.25, 0.3) is 0 Å². The second-order valence-corrected chi connectivity index (χ2v) is 4.88. The molecule has 0 radical (unpaired) electrons. The van der Waals surface area contributed by atoms with Crippen molar-refractivity contribution in [3.05, 3.63) is 29.8 Å². The number of fused-ring (bicyclic) bond motifs is 1. The van der Waals surface area contributed by atoms with E-state index in [2.05, 4.69) is 5.32 Å². The number of halogens is 3. The van der Waals surface area contributed by atoms with Gasteiger partial charge in [-0.25, -0.2) is 0 Å². The summed E-state index contributed by atoms with van der Waals surface area (Å²) in [6, 6.07) is 7.20. The van der Waals surface area contributed by atoms with E-state index in [1.165, 1.54) is 4.90 Å². The van der Waals surface area contributed by atoms with E-state index in [4.69, 9.17) is 0 Å². The van der Waals surface area contributed by atoms with Crippen LogP contribution in [0.15, 0.2) is 24.3 Å². The van der Waals surface area contributed by atoms with Gasteiger partial charge in [0.1, 0.15) is 6.42 Å². The minimum absolute atomic E-state index is 0.0647. The van der Waals surface area contributed by atoms with E-state index in [1.54, 1.807) is 12.1 Å². The van der Waals surface area contributed by atoms with Crippen LogP contribution >= 0.6 is 0 Å². The van der Waals surface area contributed by atoms with E-state index in [0.717, 1.165) is 12.0 Å².